The maximum atomic E-state index is 12.2. The van der Waals surface area contributed by atoms with E-state index in [2.05, 4.69) is 31.7 Å². The lowest BCUT2D eigenvalue weighted by Gasteiger charge is -2.56. The number of aliphatic hydroxyl groups is 1. The third-order valence-corrected chi connectivity index (χ3v) is 9.00. The van der Waals surface area contributed by atoms with Gasteiger partial charge in [0.1, 0.15) is 5.76 Å². The van der Waals surface area contributed by atoms with Crippen LogP contribution in [0, 0.1) is 23.7 Å². The van der Waals surface area contributed by atoms with E-state index in [-0.39, 0.29) is 30.0 Å². The molecule has 5 aliphatic heterocycles. The van der Waals surface area contributed by atoms with Crippen LogP contribution in [-0.4, -0.2) is 47.3 Å². The largest absolute Gasteiger partial charge is 0.492 e. The number of fused-ring (bicyclic) bond motifs is 3. The molecule has 0 spiro atoms. The fraction of sp³-hybridized carbons (Fsp3) is 0.750. The highest BCUT2D eigenvalue weighted by Crippen LogP contribution is 2.53. The summed E-state index contributed by atoms with van der Waals surface area (Å²) in [7, 11) is 1.57. The van der Waals surface area contributed by atoms with Gasteiger partial charge in [0.15, 0.2) is 11.5 Å². The molecular weight excluding hydrogens is 430 g/mol. The number of ether oxygens (including phenoxy) is 3. The highest BCUT2D eigenvalue weighted by atomic mass is 16.6. The summed E-state index contributed by atoms with van der Waals surface area (Å²) in [6, 6.07) is 1.04. The van der Waals surface area contributed by atoms with Gasteiger partial charge in [0.05, 0.1) is 18.8 Å². The molecule has 0 aromatic heterocycles. The molecule has 1 N–H and O–H groups in total. The lowest BCUT2D eigenvalue weighted by molar-refractivity contribution is -0.133. The molecule has 7 atom stereocenters. The Morgan fingerprint density at radius 3 is 2.68 bits per heavy atom. The summed E-state index contributed by atoms with van der Waals surface area (Å²) in [5.74, 6) is 3.83. The van der Waals surface area contributed by atoms with E-state index in [1.807, 2.05) is 0 Å². The summed E-state index contributed by atoms with van der Waals surface area (Å²) in [5.41, 5.74) is 0.489. The standard InChI is InChI=1S/C28H41NO5/c1-15(2)7-6-8-21(30)24-18-9-11-19-12-14-22-23(20(13-10-18)29(19)24)16(3)26(33-22)27-25(32-5)17(4)28(31)34-27/h14-16,18-21,23-24,30H,6-13H2,1-5H3. The first-order valence-electron chi connectivity index (χ1n) is 13.4. The van der Waals surface area contributed by atoms with Gasteiger partial charge in [-0.25, -0.2) is 4.79 Å². The Balaban J connectivity index is 1.45. The molecule has 0 aromatic carbocycles. The number of methoxy groups -OCH3 is 1. The quantitative estimate of drug-likeness (QED) is 0.547. The minimum atomic E-state index is -0.364. The molecule has 0 saturated carbocycles. The average Bonchev–Trinajstić information content (AvgIpc) is 3.20. The molecule has 3 saturated heterocycles. The van der Waals surface area contributed by atoms with Crippen molar-refractivity contribution in [3.63, 3.8) is 0 Å². The van der Waals surface area contributed by atoms with Gasteiger partial charge in [0.2, 0.25) is 5.76 Å². The second kappa shape index (κ2) is 9.34. The van der Waals surface area contributed by atoms with Crippen molar-refractivity contribution in [2.24, 2.45) is 23.7 Å². The fourth-order valence-corrected chi connectivity index (χ4v) is 7.37. The molecule has 6 heteroatoms. The van der Waals surface area contributed by atoms with Gasteiger partial charge in [-0.05, 0) is 63.4 Å². The van der Waals surface area contributed by atoms with E-state index in [1.54, 1.807) is 14.0 Å². The molecule has 188 valence electrons. The van der Waals surface area contributed by atoms with Crippen LogP contribution in [0.2, 0.25) is 0 Å². The number of nitrogens with zero attached hydrogens (tertiary/aromatic N) is 1. The molecule has 0 aliphatic carbocycles. The lowest BCUT2D eigenvalue weighted by Crippen LogP contribution is -2.63. The number of piperidine rings is 2. The molecule has 0 radical (unpaired) electrons. The normalized spacial score (nSPS) is 38.3. The number of rotatable bonds is 6. The maximum absolute atomic E-state index is 12.2. The number of esters is 1. The number of carbonyl (C=O) groups is 1. The number of allylic oxidation sites excluding steroid dienone is 1. The molecule has 5 rings (SSSR count). The highest BCUT2D eigenvalue weighted by Gasteiger charge is 2.54. The van der Waals surface area contributed by atoms with Crippen LogP contribution in [0.3, 0.4) is 0 Å². The minimum Gasteiger partial charge on any atom is -0.492 e. The Morgan fingerprint density at radius 2 is 1.94 bits per heavy atom. The summed E-state index contributed by atoms with van der Waals surface area (Å²) < 4.78 is 17.6. The van der Waals surface area contributed by atoms with Crippen molar-refractivity contribution in [1.82, 2.24) is 4.90 Å². The van der Waals surface area contributed by atoms with Crippen molar-refractivity contribution < 1.29 is 24.1 Å². The SMILES string of the molecule is COC1=C(C)C(=O)OC1=C1OC2=CCC3CCC4CCC(C2C1C)N3C4C(O)CCCC(C)C. The van der Waals surface area contributed by atoms with Gasteiger partial charge in [0.25, 0.3) is 0 Å². The molecule has 5 aliphatic rings. The Bertz CT molecular complexity index is 918. The highest BCUT2D eigenvalue weighted by molar-refractivity contribution is 5.93. The van der Waals surface area contributed by atoms with E-state index in [0.29, 0.717) is 46.8 Å². The molecule has 3 fully saturated rings. The predicted octanol–water partition coefficient (Wildman–Crippen LogP) is 5.04. The van der Waals surface area contributed by atoms with Gasteiger partial charge >= 0.3 is 5.97 Å². The molecule has 34 heavy (non-hydrogen) atoms. The number of carbonyl (C=O) groups excluding carboxylic acids is 1. The van der Waals surface area contributed by atoms with Crippen LogP contribution < -0.4 is 0 Å². The van der Waals surface area contributed by atoms with Gasteiger partial charge in [-0.2, -0.15) is 0 Å². The fourth-order valence-electron chi connectivity index (χ4n) is 7.37. The Morgan fingerprint density at radius 1 is 1.18 bits per heavy atom. The van der Waals surface area contributed by atoms with Gasteiger partial charge in [-0.3, -0.25) is 4.90 Å². The average molecular weight is 472 g/mol. The van der Waals surface area contributed by atoms with E-state index < -0.39 is 0 Å². The van der Waals surface area contributed by atoms with Crippen molar-refractivity contribution in [2.45, 2.75) is 103 Å². The second-order valence-electron chi connectivity index (χ2n) is 11.5. The van der Waals surface area contributed by atoms with Crippen LogP contribution in [0.5, 0.6) is 0 Å². The van der Waals surface area contributed by atoms with Crippen molar-refractivity contribution >= 4 is 5.97 Å². The first-order valence-corrected chi connectivity index (χ1v) is 13.4. The first-order chi connectivity index (χ1) is 16.3. The van der Waals surface area contributed by atoms with E-state index in [4.69, 9.17) is 14.2 Å². The van der Waals surface area contributed by atoms with Crippen LogP contribution >= 0.6 is 0 Å². The van der Waals surface area contributed by atoms with E-state index in [9.17, 15) is 9.90 Å². The number of cyclic esters (lactones) is 1. The van der Waals surface area contributed by atoms with Crippen LogP contribution in [0.4, 0.5) is 0 Å². The van der Waals surface area contributed by atoms with E-state index in [0.717, 1.165) is 31.4 Å². The molecule has 6 nitrogen and oxygen atoms in total. The molecular formula is C28H41NO5. The first kappa shape index (κ1) is 23.9. The third kappa shape index (κ3) is 3.91. The molecule has 7 unspecified atom stereocenters. The summed E-state index contributed by atoms with van der Waals surface area (Å²) in [5, 5.41) is 11.4. The Kier molecular flexibility index (Phi) is 6.58. The van der Waals surface area contributed by atoms with Gasteiger partial charge < -0.3 is 19.3 Å². The van der Waals surface area contributed by atoms with Crippen molar-refractivity contribution in [3.05, 3.63) is 34.7 Å². The summed E-state index contributed by atoms with van der Waals surface area (Å²) >= 11 is 0. The van der Waals surface area contributed by atoms with Crippen molar-refractivity contribution in [3.8, 4) is 0 Å². The molecule has 0 amide bonds. The van der Waals surface area contributed by atoms with Crippen LogP contribution in [-0.2, 0) is 19.0 Å². The zero-order chi connectivity index (χ0) is 24.1. The number of hydrogen-bond acceptors (Lipinski definition) is 6. The van der Waals surface area contributed by atoms with Gasteiger partial charge in [-0.1, -0.05) is 33.6 Å². The smallest absolute Gasteiger partial charge is 0.343 e. The Hall–Kier alpha value is -1.79. The Labute approximate surface area is 204 Å². The second-order valence-corrected chi connectivity index (χ2v) is 11.5. The topological polar surface area (TPSA) is 68.2 Å². The summed E-state index contributed by atoms with van der Waals surface area (Å²) in [6.45, 7) is 8.44. The van der Waals surface area contributed by atoms with Crippen LogP contribution in [0.1, 0.15) is 79.1 Å². The summed E-state index contributed by atoms with van der Waals surface area (Å²) in [4.78, 5) is 15.0. The third-order valence-electron chi connectivity index (χ3n) is 9.00. The van der Waals surface area contributed by atoms with Crippen LogP contribution in [0.15, 0.2) is 34.7 Å². The zero-order valence-corrected chi connectivity index (χ0v) is 21.4. The molecule has 5 heterocycles. The van der Waals surface area contributed by atoms with E-state index >= 15 is 0 Å². The number of aliphatic hydroxyl groups excluding tert-OH is 1. The van der Waals surface area contributed by atoms with Crippen molar-refractivity contribution in [2.75, 3.05) is 7.11 Å². The summed E-state index contributed by atoms with van der Waals surface area (Å²) in [6.07, 6.45) is 10.8. The van der Waals surface area contributed by atoms with E-state index in [1.165, 1.54) is 25.7 Å². The van der Waals surface area contributed by atoms with Gasteiger partial charge in [-0.15, -0.1) is 0 Å². The minimum absolute atomic E-state index is 0.0751. The predicted molar refractivity (Wildman–Crippen MR) is 129 cm³/mol. The number of hydrogen-bond donors (Lipinski definition) is 1. The monoisotopic (exact) mass is 471 g/mol. The van der Waals surface area contributed by atoms with Crippen molar-refractivity contribution in [1.29, 1.82) is 0 Å². The molecule has 2 bridgehead atoms. The maximum Gasteiger partial charge on any atom is 0.343 e. The van der Waals surface area contributed by atoms with Gasteiger partial charge in [0, 0.05) is 30.0 Å². The lowest BCUT2D eigenvalue weighted by atomic mass is 9.70. The van der Waals surface area contributed by atoms with Crippen LogP contribution in [0.25, 0.3) is 0 Å². The molecule has 0 aromatic rings. The zero-order valence-electron chi connectivity index (χ0n) is 21.4.